The fourth-order valence-corrected chi connectivity index (χ4v) is 2.22. The summed E-state index contributed by atoms with van der Waals surface area (Å²) in [6.07, 6.45) is 0.112. The summed E-state index contributed by atoms with van der Waals surface area (Å²) in [5, 5.41) is 2.87. The van der Waals surface area contributed by atoms with Gasteiger partial charge in [-0.1, -0.05) is 12.1 Å². The molecule has 1 N–H and O–H groups in total. The van der Waals surface area contributed by atoms with Crippen LogP contribution in [0.5, 0.6) is 11.5 Å². The van der Waals surface area contributed by atoms with Gasteiger partial charge in [0.15, 0.2) is 0 Å². The summed E-state index contributed by atoms with van der Waals surface area (Å²) in [6, 6.07) is 14.5. The lowest BCUT2D eigenvalue weighted by molar-refractivity contribution is 0.0998. The van der Waals surface area contributed by atoms with E-state index in [-0.39, 0.29) is 12.0 Å². The highest BCUT2D eigenvalue weighted by molar-refractivity contribution is 6.06. The monoisotopic (exact) mass is 343 g/mol. The molecular formula is C20H25NO4. The third-order valence-corrected chi connectivity index (χ3v) is 3.31. The Morgan fingerprint density at radius 1 is 1.04 bits per heavy atom. The molecule has 0 fully saturated rings. The summed E-state index contributed by atoms with van der Waals surface area (Å²) in [7, 11) is 0. The van der Waals surface area contributed by atoms with E-state index in [0.717, 1.165) is 5.75 Å². The van der Waals surface area contributed by atoms with Crippen molar-refractivity contribution in [1.82, 2.24) is 0 Å². The van der Waals surface area contributed by atoms with Crippen molar-refractivity contribution in [2.24, 2.45) is 0 Å². The van der Waals surface area contributed by atoms with Crippen LogP contribution in [0.15, 0.2) is 48.5 Å². The van der Waals surface area contributed by atoms with Gasteiger partial charge in [-0.15, -0.1) is 0 Å². The molecule has 2 rings (SSSR count). The second-order valence-electron chi connectivity index (χ2n) is 5.69. The maximum Gasteiger partial charge on any atom is 0.259 e. The molecule has 0 saturated heterocycles. The van der Waals surface area contributed by atoms with Gasteiger partial charge >= 0.3 is 0 Å². The summed E-state index contributed by atoms with van der Waals surface area (Å²) in [4.78, 5) is 12.5. The van der Waals surface area contributed by atoms with Crippen LogP contribution >= 0.6 is 0 Å². The molecule has 0 aromatic heterocycles. The summed E-state index contributed by atoms with van der Waals surface area (Å²) < 4.78 is 16.5. The maximum atomic E-state index is 12.5. The molecule has 0 aliphatic carbocycles. The van der Waals surface area contributed by atoms with Crippen molar-refractivity contribution in [3.05, 3.63) is 54.1 Å². The Labute approximate surface area is 148 Å². The Balaban J connectivity index is 2.00. The van der Waals surface area contributed by atoms with Crippen molar-refractivity contribution in [3.63, 3.8) is 0 Å². The summed E-state index contributed by atoms with van der Waals surface area (Å²) in [6.45, 7) is 7.40. The van der Waals surface area contributed by atoms with Gasteiger partial charge in [-0.05, 0) is 57.2 Å². The topological polar surface area (TPSA) is 56.8 Å². The van der Waals surface area contributed by atoms with Crippen molar-refractivity contribution < 1.29 is 19.0 Å². The zero-order valence-corrected chi connectivity index (χ0v) is 15.0. The average Bonchev–Trinajstić information content (AvgIpc) is 2.60. The number of nitrogens with one attached hydrogen (secondary N) is 1. The van der Waals surface area contributed by atoms with Gasteiger partial charge in [-0.3, -0.25) is 4.79 Å². The first-order valence-electron chi connectivity index (χ1n) is 8.47. The number of para-hydroxylation sites is 1. The summed E-state index contributed by atoms with van der Waals surface area (Å²) >= 11 is 0. The molecule has 0 atom stereocenters. The Morgan fingerprint density at radius 2 is 1.76 bits per heavy atom. The Bertz CT molecular complexity index is 668. The van der Waals surface area contributed by atoms with Crippen LogP contribution in [0.1, 0.15) is 31.1 Å². The van der Waals surface area contributed by atoms with Crippen LogP contribution in [0, 0.1) is 0 Å². The number of anilines is 1. The molecule has 0 unspecified atom stereocenters. The molecule has 0 aliphatic rings. The van der Waals surface area contributed by atoms with Crippen LogP contribution in [0.4, 0.5) is 5.69 Å². The molecular weight excluding hydrogens is 318 g/mol. The molecule has 0 saturated carbocycles. The van der Waals surface area contributed by atoms with Crippen molar-refractivity contribution in [2.45, 2.75) is 26.9 Å². The van der Waals surface area contributed by atoms with Crippen molar-refractivity contribution in [3.8, 4) is 11.5 Å². The first kappa shape index (κ1) is 18.8. The fourth-order valence-electron chi connectivity index (χ4n) is 2.22. The van der Waals surface area contributed by atoms with Crippen LogP contribution in [0.25, 0.3) is 0 Å². The number of amides is 1. The third-order valence-electron chi connectivity index (χ3n) is 3.31. The minimum Gasteiger partial charge on any atom is -0.491 e. The van der Waals surface area contributed by atoms with Gasteiger partial charge in [0, 0.05) is 12.3 Å². The highest BCUT2D eigenvalue weighted by atomic mass is 16.5. The number of rotatable bonds is 9. The highest BCUT2D eigenvalue weighted by Crippen LogP contribution is 2.21. The van der Waals surface area contributed by atoms with E-state index >= 15 is 0 Å². The first-order valence-corrected chi connectivity index (χ1v) is 8.47. The molecule has 0 aliphatic heterocycles. The van der Waals surface area contributed by atoms with Crippen LogP contribution in [-0.2, 0) is 4.74 Å². The quantitative estimate of drug-likeness (QED) is 0.695. The first-order chi connectivity index (χ1) is 12.1. The molecule has 0 radical (unpaired) electrons. The van der Waals surface area contributed by atoms with Gasteiger partial charge in [0.05, 0.1) is 18.3 Å². The Morgan fingerprint density at radius 3 is 2.44 bits per heavy atom. The number of hydrogen-bond donors (Lipinski definition) is 1. The van der Waals surface area contributed by atoms with E-state index in [2.05, 4.69) is 5.32 Å². The van der Waals surface area contributed by atoms with Crippen molar-refractivity contribution in [2.75, 3.05) is 25.1 Å². The van der Waals surface area contributed by atoms with Crippen molar-refractivity contribution in [1.29, 1.82) is 0 Å². The average molecular weight is 343 g/mol. The summed E-state index contributed by atoms with van der Waals surface area (Å²) in [5.74, 6) is 1.09. The van der Waals surface area contributed by atoms with Crippen LogP contribution in [0.3, 0.4) is 0 Å². The second kappa shape index (κ2) is 9.69. The predicted molar refractivity (Wildman–Crippen MR) is 98.6 cm³/mol. The van der Waals surface area contributed by atoms with E-state index in [4.69, 9.17) is 14.2 Å². The van der Waals surface area contributed by atoms with Gasteiger partial charge < -0.3 is 19.5 Å². The largest absolute Gasteiger partial charge is 0.491 e. The van der Waals surface area contributed by atoms with E-state index in [0.29, 0.717) is 36.8 Å². The smallest absolute Gasteiger partial charge is 0.259 e. The molecule has 2 aromatic rings. The highest BCUT2D eigenvalue weighted by Gasteiger charge is 2.12. The van der Waals surface area contributed by atoms with Crippen LogP contribution in [0.2, 0.25) is 0 Å². The van der Waals surface area contributed by atoms with Gasteiger partial charge in [0.1, 0.15) is 18.1 Å². The van der Waals surface area contributed by atoms with E-state index < -0.39 is 0 Å². The molecule has 0 spiro atoms. The summed E-state index contributed by atoms with van der Waals surface area (Å²) in [5.41, 5.74) is 1.19. The minimum absolute atomic E-state index is 0.112. The molecule has 5 nitrogen and oxygen atoms in total. The van der Waals surface area contributed by atoms with Crippen LogP contribution in [-0.4, -0.2) is 31.8 Å². The predicted octanol–water partition coefficient (Wildman–Crippen LogP) is 4.14. The molecule has 0 bridgehead atoms. The standard InChI is InChI=1S/C20H25NO4/c1-4-23-13-14-24-19-8-6-5-7-18(19)20(22)21-16-9-11-17(12-10-16)25-15(2)3/h5-12,15H,4,13-14H2,1-3H3,(H,21,22). The number of hydrogen-bond acceptors (Lipinski definition) is 4. The third kappa shape index (κ3) is 6.12. The minimum atomic E-state index is -0.218. The zero-order valence-electron chi connectivity index (χ0n) is 15.0. The van der Waals surface area contributed by atoms with Gasteiger partial charge in [0.25, 0.3) is 5.91 Å². The fraction of sp³-hybridized carbons (Fsp3) is 0.350. The lowest BCUT2D eigenvalue weighted by Gasteiger charge is -2.13. The molecule has 2 aromatic carbocycles. The van der Waals surface area contributed by atoms with Gasteiger partial charge in [-0.25, -0.2) is 0 Å². The molecule has 1 amide bonds. The number of carbonyl (C=O) groups is 1. The lowest BCUT2D eigenvalue weighted by atomic mass is 10.2. The van der Waals surface area contributed by atoms with E-state index in [1.165, 1.54) is 0 Å². The van der Waals surface area contributed by atoms with Crippen LogP contribution < -0.4 is 14.8 Å². The van der Waals surface area contributed by atoms with E-state index in [1.807, 2.05) is 57.2 Å². The number of benzene rings is 2. The number of ether oxygens (including phenoxy) is 3. The second-order valence-corrected chi connectivity index (χ2v) is 5.69. The van der Waals surface area contributed by atoms with Gasteiger partial charge in [-0.2, -0.15) is 0 Å². The van der Waals surface area contributed by atoms with Gasteiger partial charge in [0.2, 0.25) is 0 Å². The maximum absolute atomic E-state index is 12.5. The normalized spacial score (nSPS) is 10.6. The lowest BCUT2D eigenvalue weighted by Crippen LogP contribution is -2.15. The Kier molecular flexibility index (Phi) is 7.29. The molecule has 0 heterocycles. The molecule has 25 heavy (non-hydrogen) atoms. The SMILES string of the molecule is CCOCCOc1ccccc1C(=O)Nc1ccc(OC(C)C)cc1. The zero-order chi connectivity index (χ0) is 18.1. The molecule has 5 heteroatoms. The van der Waals surface area contributed by atoms with E-state index in [9.17, 15) is 4.79 Å². The van der Waals surface area contributed by atoms with E-state index in [1.54, 1.807) is 12.1 Å². The van der Waals surface area contributed by atoms with Crippen molar-refractivity contribution >= 4 is 11.6 Å². The Hall–Kier alpha value is -2.53. The molecule has 134 valence electrons. The number of carbonyl (C=O) groups excluding carboxylic acids is 1.